The first kappa shape index (κ1) is 14.3. The fourth-order valence-electron chi connectivity index (χ4n) is 2.72. The molecule has 0 aliphatic carbocycles. The molecule has 114 valence electrons. The Labute approximate surface area is 123 Å². The van der Waals surface area contributed by atoms with Gasteiger partial charge in [0.05, 0.1) is 20.3 Å². The summed E-state index contributed by atoms with van der Waals surface area (Å²) in [5, 5.41) is 1.91. The quantitative estimate of drug-likeness (QED) is 0.906. The van der Waals surface area contributed by atoms with Gasteiger partial charge in [-0.3, -0.25) is 10.2 Å². The summed E-state index contributed by atoms with van der Waals surface area (Å²) in [4.78, 5) is 12.2. The van der Waals surface area contributed by atoms with E-state index in [0.717, 1.165) is 25.9 Å². The first-order valence-electron chi connectivity index (χ1n) is 7.19. The predicted molar refractivity (Wildman–Crippen MR) is 75.9 cm³/mol. The van der Waals surface area contributed by atoms with Gasteiger partial charge in [0.2, 0.25) is 0 Å². The van der Waals surface area contributed by atoms with Crippen molar-refractivity contribution in [2.24, 2.45) is 0 Å². The van der Waals surface area contributed by atoms with Gasteiger partial charge in [-0.1, -0.05) is 6.07 Å². The van der Waals surface area contributed by atoms with Crippen molar-refractivity contribution in [1.29, 1.82) is 0 Å². The van der Waals surface area contributed by atoms with E-state index < -0.39 is 5.79 Å². The molecular formula is C15H20N2O4. The summed E-state index contributed by atoms with van der Waals surface area (Å²) in [7, 11) is 1.59. The molecule has 2 fully saturated rings. The van der Waals surface area contributed by atoms with Crippen LogP contribution >= 0.6 is 0 Å². The van der Waals surface area contributed by atoms with Gasteiger partial charge in [0, 0.05) is 31.5 Å². The molecule has 0 aromatic heterocycles. The number of carbonyl (C=O) groups excluding carboxylic acids is 1. The molecule has 21 heavy (non-hydrogen) atoms. The first-order chi connectivity index (χ1) is 10.2. The summed E-state index contributed by atoms with van der Waals surface area (Å²) in [5.41, 5.74) is 3.51. The van der Waals surface area contributed by atoms with Crippen molar-refractivity contribution in [3.63, 3.8) is 0 Å². The van der Waals surface area contributed by atoms with Crippen LogP contribution in [0.3, 0.4) is 0 Å². The molecule has 1 spiro atoms. The minimum atomic E-state index is -0.419. The zero-order valence-electron chi connectivity index (χ0n) is 12.1. The summed E-state index contributed by atoms with van der Waals surface area (Å²) < 4.78 is 16.5. The van der Waals surface area contributed by atoms with Crippen LogP contribution < -0.4 is 10.2 Å². The second-order valence-corrected chi connectivity index (χ2v) is 5.27. The van der Waals surface area contributed by atoms with Crippen LogP contribution in [0.15, 0.2) is 24.3 Å². The van der Waals surface area contributed by atoms with Crippen LogP contribution in [0.4, 0.5) is 0 Å². The van der Waals surface area contributed by atoms with Gasteiger partial charge in [-0.2, -0.15) is 0 Å². The number of hydrogen-bond donors (Lipinski definition) is 1. The minimum absolute atomic E-state index is 0.127. The molecule has 6 nitrogen and oxygen atoms in total. The lowest BCUT2D eigenvalue weighted by Crippen LogP contribution is -2.52. The monoisotopic (exact) mass is 292 g/mol. The van der Waals surface area contributed by atoms with Gasteiger partial charge in [0.1, 0.15) is 5.75 Å². The van der Waals surface area contributed by atoms with Crippen LogP contribution in [-0.4, -0.2) is 50.1 Å². The number of benzene rings is 1. The van der Waals surface area contributed by atoms with Crippen LogP contribution in [0.5, 0.6) is 5.75 Å². The molecule has 6 heteroatoms. The van der Waals surface area contributed by atoms with Crippen LogP contribution in [-0.2, 0) is 9.47 Å². The van der Waals surface area contributed by atoms with Gasteiger partial charge in [-0.25, -0.2) is 5.01 Å². The minimum Gasteiger partial charge on any atom is -0.497 e. The Balaban J connectivity index is 1.56. The van der Waals surface area contributed by atoms with Gasteiger partial charge in [-0.05, 0) is 18.2 Å². The van der Waals surface area contributed by atoms with Gasteiger partial charge in [0.25, 0.3) is 5.91 Å². The third-order valence-electron chi connectivity index (χ3n) is 3.93. The first-order valence-corrected chi connectivity index (χ1v) is 7.19. The molecule has 0 unspecified atom stereocenters. The number of methoxy groups -OCH3 is 1. The van der Waals surface area contributed by atoms with Crippen molar-refractivity contribution in [1.82, 2.24) is 10.4 Å². The van der Waals surface area contributed by atoms with E-state index in [9.17, 15) is 4.79 Å². The van der Waals surface area contributed by atoms with E-state index in [4.69, 9.17) is 14.2 Å². The smallest absolute Gasteiger partial charge is 0.265 e. The van der Waals surface area contributed by atoms with Crippen molar-refractivity contribution in [3.8, 4) is 5.75 Å². The van der Waals surface area contributed by atoms with Gasteiger partial charge in [-0.15, -0.1) is 0 Å². The summed E-state index contributed by atoms with van der Waals surface area (Å²) in [5.74, 6) is 0.128. The molecule has 2 aliphatic rings. The molecule has 2 heterocycles. The third-order valence-corrected chi connectivity index (χ3v) is 3.93. The second-order valence-electron chi connectivity index (χ2n) is 5.27. The Morgan fingerprint density at radius 2 is 2.00 bits per heavy atom. The molecule has 0 atom stereocenters. The van der Waals surface area contributed by atoms with Gasteiger partial charge < -0.3 is 14.2 Å². The Hall–Kier alpha value is -1.63. The number of nitrogens with one attached hydrogen (secondary N) is 1. The SMILES string of the molecule is COc1cccc(C(=O)NN2CCC3(CC2)OCCO3)c1. The van der Waals surface area contributed by atoms with E-state index in [1.54, 1.807) is 25.3 Å². The van der Waals surface area contributed by atoms with Crippen molar-refractivity contribution in [3.05, 3.63) is 29.8 Å². The third kappa shape index (κ3) is 3.18. The lowest BCUT2D eigenvalue weighted by Gasteiger charge is -2.37. The maximum Gasteiger partial charge on any atom is 0.265 e. The standard InChI is InChI=1S/C15H20N2O4/c1-19-13-4-2-3-12(11-13)14(18)16-17-7-5-15(6-8-17)20-9-10-21-15/h2-4,11H,5-10H2,1H3,(H,16,18). The Morgan fingerprint density at radius 3 is 2.67 bits per heavy atom. The molecule has 1 N–H and O–H groups in total. The molecule has 1 aromatic carbocycles. The maximum atomic E-state index is 12.2. The van der Waals surface area contributed by atoms with E-state index in [-0.39, 0.29) is 5.91 Å². The van der Waals surface area contributed by atoms with E-state index >= 15 is 0 Å². The molecular weight excluding hydrogens is 272 g/mol. The number of rotatable bonds is 3. The summed E-state index contributed by atoms with van der Waals surface area (Å²) in [6.45, 7) is 2.76. The maximum absolute atomic E-state index is 12.2. The van der Waals surface area contributed by atoms with Crippen LogP contribution in [0.1, 0.15) is 23.2 Å². The highest BCUT2D eigenvalue weighted by molar-refractivity contribution is 5.94. The van der Waals surface area contributed by atoms with Crippen LogP contribution in [0, 0.1) is 0 Å². The highest BCUT2D eigenvalue weighted by atomic mass is 16.7. The van der Waals surface area contributed by atoms with E-state index in [1.807, 2.05) is 11.1 Å². The number of ether oxygens (including phenoxy) is 3. The average Bonchev–Trinajstić information content (AvgIpc) is 2.98. The summed E-state index contributed by atoms with van der Waals surface area (Å²) >= 11 is 0. The number of nitrogens with zero attached hydrogens (tertiary/aromatic N) is 1. The number of amides is 1. The molecule has 1 aromatic rings. The van der Waals surface area contributed by atoms with Crippen molar-refractivity contribution in [2.75, 3.05) is 33.4 Å². The zero-order valence-corrected chi connectivity index (χ0v) is 12.1. The van der Waals surface area contributed by atoms with Crippen LogP contribution in [0.2, 0.25) is 0 Å². The highest BCUT2D eigenvalue weighted by Gasteiger charge is 2.40. The molecule has 2 aliphatic heterocycles. The van der Waals surface area contributed by atoms with Crippen molar-refractivity contribution in [2.45, 2.75) is 18.6 Å². The molecule has 1 amide bonds. The van der Waals surface area contributed by atoms with E-state index in [1.165, 1.54) is 0 Å². The highest BCUT2D eigenvalue weighted by Crippen LogP contribution is 2.30. The van der Waals surface area contributed by atoms with Gasteiger partial charge >= 0.3 is 0 Å². The van der Waals surface area contributed by atoms with Crippen LogP contribution in [0.25, 0.3) is 0 Å². The fourth-order valence-corrected chi connectivity index (χ4v) is 2.72. The summed E-state index contributed by atoms with van der Waals surface area (Å²) in [6.07, 6.45) is 1.54. The number of carbonyl (C=O) groups is 1. The van der Waals surface area contributed by atoms with Gasteiger partial charge in [0.15, 0.2) is 5.79 Å². The molecule has 0 bridgehead atoms. The van der Waals surface area contributed by atoms with Crippen molar-refractivity contribution < 1.29 is 19.0 Å². The van der Waals surface area contributed by atoms with E-state index in [0.29, 0.717) is 24.5 Å². The normalized spacial score (nSPS) is 21.4. The molecule has 0 radical (unpaired) electrons. The van der Waals surface area contributed by atoms with Crippen molar-refractivity contribution >= 4 is 5.91 Å². The second kappa shape index (κ2) is 6.01. The summed E-state index contributed by atoms with van der Waals surface area (Å²) in [6, 6.07) is 7.12. The zero-order chi connectivity index (χ0) is 14.7. The Bertz CT molecular complexity index is 504. The number of hydrazine groups is 1. The Morgan fingerprint density at radius 1 is 1.29 bits per heavy atom. The topological polar surface area (TPSA) is 60.0 Å². The van der Waals surface area contributed by atoms with E-state index in [2.05, 4.69) is 5.43 Å². The molecule has 2 saturated heterocycles. The molecule has 0 saturated carbocycles. The average molecular weight is 292 g/mol. The Kier molecular flexibility index (Phi) is 4.10. The number of hydrogen-bond acceptors (Lipinski definition) is 5. The largest absolute Gasteiger partial charge is 0.497 e. The number of piperidine rings is 1. The predicted octanol–water partition coefficient (Wildman–Crippen LogP) is 1.18. The lowest BCUT2D eigenvalue weighted by molar-refractivity contribution is -0.187. The lowest BCUT2D eigenvalue weighted by atomic mass is 10.1. The fraction of sp³-hybridized carbons (Fsp3) is 0.533. The molecule has 3 rings (SSSR count).